The number of aliphatic hydroxyl groups is 1. The summed E-state index contributed by atoms with van der Waals surface area (Å²) >= 11 is 0. The smallest absolute Gasteiger partial charge is 0.0713 e. The Kier molecular flexibility index (Phi) is 4.42. The largest absolute Gasteiger partial charge is 0.389 e. The van der Waals surface area contributed by atoms with Crippen LogP contribution in [0.4, 0.5) is 0 Å². The van der Waals surface area contributed by atoms with Crippen LogP contribution in [0.2, 0.25) is 0 Å². The zero-order chi connectivity index (χ0) is 12.4. The van der Waals surface area contributed by atoms with Crippen LogP contribution in [0, 0.1) is 17.3 Å². The summed E-state index contributed by atoms with van der Waals surface area (Å²) in [6.45, 7) is 9.18. The molecule has 3 N–H and O–H groups in total. The van der Waals surface area contributed by atoms with Crippen molar-refractivity contribution < 1.29 is 5.11 Å². The normalized spacial score (nSPS) is 36.0. The van der Waals surface area contributed by atoms with Crippen LogP contribution in [0.15, 0.2) is 0 Å². The van der Waals surface area contributed by atoms with E-state index in [1.807, 2.05) is 6.92 Å². The second-order valence-corrected chi connectivity index (χ2v) is 5.96. The minimum atomic E-state index is -0.611. The van der Waals surface area contributed by atoms with Crippen LogP contribution in [0.25, 0.3) is 0 Å². The summed E-state index contributed by atoms with van der Waals surface area (Å²) in [6, 6.07) is 0. The highest BCUT2D eigenvalue weighted by Crippen LogP contribution is 2.52. The molecule has 0 bridgehead atoms. The summed E-state index contributed by atoms with van der Waals surface area (Å²) in [5.74, 6) is 1.09. The fourth-order valence-corrected chi connectivity index (χ4v) is 3.36. The van der Waals surface area contributed by atoms with Gasteiger partial charge in [0.15, 0.2) is 0 Å². The molecule has 0 aromatic rings. The molecule has 16 heavy (non-hydrogen) atoms. The maximum absolute atomic E-state index is 10.9. The van der Waals surface area contributed by atoms with Crippen molar-refractivity contribution in [3.63, 3.8) is 0 Å². The average Bonchev–Trinajstić information content (AvgIpc) is 2.73. The highest BCUT2D eigenvalue weighted by molar-refractivity contribution is 5.03. The van der Waals surface area contributed by atoms with Crippen LogP contribution >= 0.6 is 0 Å². The van der Waals surface area contributed by atoms with Gasteiger partial charge in [0.05, 0.1) is 5.60 Å². The molecule has 0 radical (unpaired) electrons. The monoisotopic (exact) mass is 227 g/mol. The van der Waals surface area contributed by atoms with Gasteiger partial charge in [-0.3, -0.25) is 0 Å². The molecule has 96 valence electrons. The Labute approximate surface area is 101 Å². The van der Waals surface area contributed by atoms with Gasteiger partial charge >= 0.3 is 0 Å². The third-order valence-corrected chi connectivity index (χ3v) is 5.32. The van der Waals surface area contributed by atoms with Crippen LogP contribution < -0.4 is 5.73 Å². The van der Waals surface area contributed by atoms with E-state index in [2.05, 4.69) is 20.8 Å². The first-order valence-corrected chi connectivity index (χ1v) is 6.86. The van der Waals surface area contributed by atoms with Gasteiger partial charge in [0.25, 0.3) is 0 Å². The van der Waals surface area contributed by atoms with Gasteiger partial charge in [0, 0.05) is 12.0 Å². The van der Waals surface area contributed by atoms with Crippen LogP contribution in [0.1, 0.15) is 59.8 Å². The molecule has 1 aliphatic carbocycles. The first kappa shape index (κ1) is 14.0. The van der Waals surface area contributed by atoms with E-state index in [1.54, 1.807) is 0 Å². The zero-order valence-corrected chi connectivity index (χ0v) is 11.4. The molecule has 1 saturated carbocycles. The van der Waals surface area contributed by atoms with Crippen molar-refractivity contribution in [2.75, 3.05) is 6.54 Å². The summed E-state index contributed by atoms with van der Waals surface area (Å²) < 4.78 is 0. The second-order valence-electron chi connectivity index (χ2n) is 5.96. The Hall–Kier alpha value is -0.0800. The molecule has 4 unspecified atom stereocenters. The van der Waals surface area contributed by atoms with Gasteiger partial charge in [-0.2, -0.15) is 0 Å². The van der Waals surface area contributed by atoms with Crippen molar-refractivity contribution in [1.82, 2.24) is 0 Å². The van der Waals surface area contributed by atoms with Crippen LogP contribution in [0.3, 0.4) is 0 Å². The zero-order valence-electron chi connectivity index (χ0n) is 11.4. The van der Waals surface area contributed by atoms with Crippen molar-refractivity contribution in [1.29, 1.82) is 0 Å². The fourth-order valence-electron chi connectivity index (χ4n) is 3.36. The molecule has 0 saturated heterocycles. The quantitative estimate of drug-likeness (QED) is 0.758. The Morgan fingerprint density at radius 2 is 2.12 bits per heavy atom. The Balaban J connectivity index is 2.88. The van der Waals surface area contributed by atoms with Crippen LogP contribution in [-0.2, 0) is 0 Å². The highest BCUT2D eigenvalue weighted by atomic mass is 16.3. The van der Waals surface area contributed by atoms with E-state index >= 15 is 0 Å². The van der Waals surface area contributed by atoms with E-state index in [0.717, 1.165) is 25.2 Å². The fraction of sp³-hybridized carbons (Fsp3) is 1.00. The molecular weight excluding hydrogens is 198 g/mol. The standard InChI is InChI=1S/C14H29NO/c1-5-11(3)13(4,16)14(10-15)8-7-12(6-2)9-14/h11-12,16H,5-10,15H2,1-4H3. The molecule has 2 nitrogen and oxygen atoms in total. The number of hydrogen-bond acceptors (Lipinski definition) is 2. The van der Waals surface area contributed by atoms with Crippen molar-refractivity contribution in [2.45, 2.75) is 65.4 Å². The SMILES string of the molecule is CCC1CCC(CN)(C(C)(O)C(C)CC)C1. The van der Waals surface area contributed by atoms with Crippen molar-refractivity contribution in [3.05, 3.63) is 0 Å². The van der Waals surface area contributed by atoms with Gasteiger partial charge in [-0.15, -0.1) is 0 Å². The first-order valence-electron chi connectivity index (χ1n) is 6.86. The topological polar surface area (TPSA) is 46.2 Å². The molecule has 1 fully saturated rings. The minimum Gasteiger partial charge on any atom is -0.389 e. The van der Waals surface area contributed by atoms with Gasteiger partial charge < -0.3 is 10.8 Å². The molecule has 0 aromatic carbocycles. The van der Waals surface area contributed by atoms with Crippen molar-refractivity contribution in [2.24, 2.45) is 23.0 Å². The highest BCUT2D eigenvalue weighted by Gasteiger charge is 2.52. The first-order chi connectivity index (χ1) is 7.43. The molecule has 0 aliphatic heterocycles. The predicted octanol–water partition coefficient (Wildman–Crippen LogP) is 2.94. The van der Waals surface area contributed by atoms with Gasteiger partial charge in [0.1, 0.15) is 0 Å². The molecule has 0 amide bonds. The third kappa shape index (κ3) is 2.14. The molecule has 0 heterocycles. The lowest BCUT2D eigenvalue weighted by molar-refractivity contribution is -0.105. The molecule has 2 heteroatoms. The minimum absolute atomic E-state index is 0.0386. The summed E-state index contributed by atoms with van der Waals surface area (Å²) in [7, 11) is 0. The molecule has 1 aliphatic rings. The van der Waals surface area contributed by atoms with Gasteiger partial charge in [-0.25, -0.2) is 0 Å². The third-order valence-electron chi connectivity index (χ3n) is 5.32. The van der Waals surface area contributed by atoms with E-state index in [1.165, 1.54) is 12.8 Å². The van der Waals surface area contributed by atoms with Gasteiger partial charge in [0.2, 0.25) is 0 Å². The van der Waals surface area contributed by atoms with Gasteiger partial charge in [-0.05, 0) is 38.0 Å². The summed E-state index contributed by atoms with van der Waals surface area (Å²) in [5.41, 5.74) is 5.36. The number of nitrogens with two attached hydrogens (primary N) is 1. The molecule has 1 rings (SSSR count). The average molecular weight is 227 g/mol. The predicted molar refractivity (Wildman–Crippen MR) is 69.2 cm³/mol. The lowest BCUT2D eigenvalue weighted by Crippen LogP contribution is -2.53. The summed E-state index contributed by atoms with van der Waals surface area (Å²) in [6.07, 6.45) is 5.68. The number of hydrogen-bond donors (Lipinski definition) is 2. The molecule has 0 spiro atoms. The molecule has 4 atom stereocenters. The van der Waals surface area contributed by atoms with Crippen molar-refractivity contribution in [3.8, 4) is 0 Å². The maximum Gasteiger partial charge on any atom is 0.0713 e. The van der Waals surface area contributed by atoms with Crippen molar-refractivity contribution >= 4 is 0 Å². The Morgan fingerprint density at radius 3 is 2.50 bits per heavy atom. The van der Waals surface area contributed by atoms with Gasteiger partial charge in [-0.1, -0.05) is 33.6 Å². The van der Waals surface area contributed by atoms with Crippen LogP contribution in [-0.4, -0.2) is 17.3 Å². The second kappa shape index (κ2) is 5.05. The Morgan fingerprint density at radius 1 is 1.50 bits per heavy atom. The summed E-state index contributed by atoms with van der Waals surface area (Å²) in [5, 5.41) is 10.9. The lowest BCUT2D eigenvalue weighted by Gasteiger charge is -2.46. The van der Waals surface area contributed by atoms with Crippen LogP contribution in [0.5, 0.6) is 0 Å². The maximum atomic E-state index is 10.9. The lowest BCUT2D eigenvalue weighted by atomic mass is 9.64. The summed E-state index contributed by atoms with van der Waals surface area (Å²) in [4.78, 5) is 0. The Bertz CT molecular complexity index is 227. The van der Waals surface area contributed by atoms with E-state index < -0.39 is 5.60 Å². The van der Waals surface area contributed by atoms with E-state index in [-0.39, 0.29) is 5.41 Å². The van der Waals surface area contributed by atoms with E-state index in [9.17, 15) is 5.11 Å². The van der Waals surface area contributed by atoms with E-state index in [0.29, 0.717) is 12.5 Å². The van der Waals surface area contributed by atoms with E-state index in [4.69, 9.17) is 5.73 Å². The number of rotatable bonds is 5. The molecular formula is C14H29NO. The molecule has 0 aromatic heterocycles.